The molecule has 156 valence electrons. The van der Waals surface area contributed by atoms with E-state index in [1.165, 1.54) is 16.2 Å². The van der Waals surface area contributed by atoms with Crippen LogP contribution in [0.25, 0.3) is 0 Å². The first-order valence-electron chi connectivity index (χ1n) is 9.36. The van der Waals surface area contributed by atoms with Crippen molar-refractivity contribution in [1.29, 1.82) is 0 Å². The van der Waals surface area contributed by atoms with E-state index < -0.39 is 17.7 Å². The Labute approximate surface area is 174 Å². The van der Waals surface area contributed by atoms with Crippen LogP contribution in [-0.2, 0) is 10.2 Å². The number of benzene rings is 1. The van der Waals surface area contributed by atoms with E-state index in [-0.39, 0.29) is 17.9 Å². The van der Waals surface area contributed by atoms with Gasteiger partial charge < -0.3 is 9.84 Å². The van der Waals surface area contributed by atoms with Crippen molar-refractivity contribution in [2.24, 2.45) is 0 Å². The Morgan fingerprint density at radius 3 is 2.55 bits per heavy atom. The lowest BCUT2D eigenvalue weighted by Crippen LogP contribution is -2.53. The fourth-order valence-electron chi connectivity index (χ4n) is 3.87. The summed E-state index contributed by atoms with van der Waals surface area (Å²) in [5, 5.41) is 12.5. The summed E-state index contributed by atoms with van der Waals surface area (Å²) in [6.07, 6.45) is 1.12. The van der Waals surface area contributed by atoms with Crippen LogP contribution < -0.4 is 4.74 Å². The molecule has 1 fully saturated rings. The molecule has 0 radical (unpaired) electrons. The van der Waals surface area contributed by atoms with E-state index in [9.17, 15) is 14.7 Å². The van der Waals surface area contributed by atoms with Crippen LogP contribution in [0.2, 0.25) is 0 Å². The number of likely N-dealkylation sites (N-methyl/N-ethyl adjacent to an activating group) is 1. The van der Waals surface area contributed by atoms with Gasteiger partial charge in [-0.2, -0.15) is 0 Å². The van der Waals surface area contributed by atoms with E-state index in [1.54, 1.807) is 32.4 Å². The zero-order chi connectivity index (χ0) is 21.6. The van der Waals surface area contributed by atoms with E-state index in [2.05, 4.69) is 25.8 Å². The lowest BCUT2D eigenvalue weighted by Gasteiger charge is -2.34. The predicted octanol–water partition coefficient (Wildman–Crippen LogP) is 3.38. The first-order chi connectivity index (χ1) is 13.5. The molecule has 3 rings (SSSR count). The van der Waals surface area contributed by atoms with E-state index in [0.717, 1.165) is 5.56 Å². The standard InChI is InChI=1S/C21H27N3O4S/c1-20(2,3)14-8-7-13(11-15(14)28-6)18(25)24-17(16-22-9-10-29-16)23(5)12-21(24,4)19(26)27/h7-11,17H,12H2,1-6H3,(H,26,27). The number of rotatable bonds is 4. The van der Waals surface area contributed by atoms with E-state index in [1.807, 2.05) is 23.4 Å². The van der Waals surface area contributed by atoms with Gasteiger partial charge in [-0.1, -0.05) is 26.8 Å². The van der Waals surface area contributed by atoms with Crippen LogP contribution in [-0.4, -0.2) is 58.0 Å². The van der Waals surface area contributed by atoms with Gasteiger partial charge in [-0.25, -0.2) is 9.78 Å². The summed E-state index contributed by atoms with van der Waals surface area (Å²) in [6, 6.07) is 5.32. The Hall–Kier alpha value is -2.45. The summed E-state index contributed by atoms with van der Waals surface area (Å²) >= 11 is 1.40. The zero-order valence-corrected chi connectivity index (χ0v) is 18.4. The Bertz CT molecular complexity index is 923. The second-order valence-corrected chi connectivity index (χ2v) is 9.50. The fourth-order valence-corrected chi connectivity index (χ4v) is 4.65. The van der Waals surface area contributed by atoms with Crippen molar-refractivity contribution in [3.63, 3.8) is 0 Å². The minimum Gasteiger partial charge on any atom is -0.496 e. The Morgan fingerprint density at radius 1 is 1.34 bits per heavy atom. The average Bonchev–Trinajstić information content (AvgIpc) is 3.25. The van der Waals surface area contributed by atoms with Crippen molar-refractivity contribution in [1.82, 2.24) is 14.8 Å². The predicted molar refractivity (Wildman–Crippen MR) is 111 cm³/mol. The maximum Gasteiger partial charge on any atom is 0.330 e. The highest BCUT2D eigenvalue weighted by Gasteiger charge is 2.55. The average molecular weight is 418 g/mol. The Morgan fingerprint density at radius 2 is 2.03 bits per heavy atom. The first kappa shape index (κ1) is 21.3. The summed E-state index contributed by atoms with van der Waals surface area (Å²) in [4.78, 5) is 33.4. The third kappa shape index (κ3) is 3.62. The molecule has 1 aromatic carbocycles. The number of aromatic nitrogens is 1. The summed E-state index contributed by atoms with van der Waals surface area (Å²) in [6.45, 7) is 8.00. The normalized spacial score (nSPS) is 22.7. The molecule has 0 bridgehead atoms. The largest absolute Gasteiger partial charge is 0.496 e. The number of hydrogen-bond donors (Lipinski definition) is 1. The molecule has 2 aromatic rings. The van der Waals surface area contributed by atoms with Gasteiger partial charge in [-0.3, -0.25) is 14.6 Å². The van der Waals surface area contributed by atoms with Crippen molar-refractivity contribution in [3.8, 4) is 5.75 Å². The molecule has 2 unspecified atom stereocenters. The Kier molecular flexibility index (Phi) is 5.44. The van der Waals surface area contributed by atoms with Gasteiger partial charge in [0.2, 0.25) is 0 Å². The van der Waals surface area contributed by atoms with Crippen LogP contribution in [0.15, 0.2) is 29.8 Å². The van der Waals surface area contributed by atoms with Crippen molar-refractivity contribution in [2.75, 3.05) is 20.7 Å². The second kappa shape index (κ2) is 7.42. The number of carbonyl (C=O) groups excluding carboxylic acids is 1. The first-order valence-corrected chi connectivity index (χ1v) is 10.2. The number of nitrogens with zero attached hydrogens (tertiary/aromatic N) is 3. The number of carboxylic acid groups (broad SMARTS) is 1. The number of ether oxygens (including phenoxy) is 1. The monoisotopic (exact) mass is 417 g/mol. The summed E-state index contributed by atoms with van der Waals surface area (Å²) in [7, 11) is 3.38. The van der Waals surface area contributed by atoms with Crippen LogP contribution in [0.5, 0.6) is 5.75 Å². The van der Waals surface area contributed by atoms with Crippen LogP contribution >= 0.6 is 11.3 Å². The molecule has 0 saturated carbocycles. The van der Waals surface area contributed by atoms with E-state index in [4.69, 9.17) is 4.74 Å². The third-order valence-corrected chi connectivity index (χ3v) is 6.17. The van der Waals surface area contributed by atoms with E-state index in [0.29, 0.717) is 16.3 Å². The van der Waals surface area contributed by atoms with Gasteiger partial charge in [0.15, 0.2) is 5.54 Å². The highest BCUT2D eigenvalue weighted by Crippen LogP contribution is 2.41. The third-order valence-electron chi connectivity index (χ3n) is 5.36. The zero-order valence-electron chi connectivity index (χ0n) is 17.6. The van der Waals surface area contributed by atoms with Crippen LogP contribution in [0.4, 0.5) is 0 Å². The minimum atomic E-state index is -1.38. The molecule has 1 N–H and O–H groups in total. The molecular weight excluding hydrogens is 390 g/mol. The molecule has 0 aliphatic carbocycles. The molecule has 2 atom stereocenters. The number of amides is 1. The molecule has 1 aliphatic rings. The highest BCUT2D eigenvalue weighted by molar-refractivity contribution is 7.09. The molecule has 29 heavy (non-hydrogen) atoms. The molecule has 0 spiro atoms. The topological polar surface area (TPSA) is 83.0 Å². The summed E-state index contributed by atoms with van der Waals surface area (Å²) in [5.41, 5.74) is -0.163. The lowest BCUT2D eigenvalue weighted by atomic mass is 9.85. The van der Waals surface area contributed by atoms with Crippen molar-refractivity contribution < 1.29 is 19.4 Å². The van der Waals surface area contributed by atoms with Gasteiger partial charge in [0.05, 0.1) is 7.11 Å². The molecule has 1 aromatic heterocycles. The highest BCUT2D eigenvalue weighted by atomic mass is 32.1. The molecule has 1 amide bonds. The summed E-state index contributed by atoms with van der Waals surface area (Å²) < 4.78 is 5.54. The molecule has 7 nitrogen and oxygen atoms in total. The summed E-state index contributed by atoms with van der Waals surface area (Å²) in [5.74, 6) is -0.799. The van der Waals surface area contributed by atoms with Gasteiger partial charge in [-0.15, -0.1) is 11.3 Å². The second-order valence-electron chi connectivity index (χ2n) is 8.58. The lowest BCUT2D eigenvalue weighted by molar-refractivity contribution is -0.147. The van der Waals surface area contributed by atoms with Gasteiger partial charge in [0.1, 0.15) is 16.9 Å². The molecule has 2 heterocycles. The number of hydrogen-bond acceptors (Lipinski definition) is 6. The number of methoxy groups -OCH3 is 1. The number of carbonyl (C=O) groups is 2. The fraction of sp³-hybridized carbons (Fsp3) is 0.476. The van der Waals surface area contributed by atoms with Gasteiger partial charge >= 0.3 is 5.97 Å². The SMILES string of the molecule is COc1cc(C(=O)N2C(c3nccs3)N(C)CC2(C)C(=O)O)ccc1C(C)(C)C. The maximum atomic E-state index is 13.6. The number of aliphatic carboxylic acids is 1. The minimum absolute atomic E-state index is 0.153. The quantitative estimate of drug-likeness (QED) is 0.821. The van der Waals surface area contributed by atoms with Gasteiger partial charge in [-0.05, 0) is 37.1 Å². The molecule has 1 aliphatic heterocycles. The van der Waals surface area contributed by atoms with Crippen molar-refractivity contribution in [3.05, 3.63) is 45.9 Å². The van der Waals surface area contributed by atoms with Crippen molar-refractivity contribution in [2.45, 2.75) is 44.8 Å². The van der Waals surface area contributed by atoms with Gasteiger partial charge in [0, 0.05) is 23.7 Å². The van der Waals surface area contributed by atoms with E-state index >= 15 is 0 Å². The molecule has 1 saturated heterocycles. The van der Waals surface area contributed by atoms with Crippen LogP contribution in [0.1, 0.15) is 54.8 Å². The maximum absolute atomic E-state index is 13.6. The Balaban J connectivity index is 2.10. The van der Waals surface area contributed by atoms with Crippen molar-refractivity contribution >= 4 is 23.2 Å². The van der Waals surface area contributed by atoms with Gasteiger partial charge in [0.25, 0.3) is 5.91 Å². The van der Waals surface area contributed by atoms with Crippen LogP contribution in [0.3, 0.4) is 0 Å². The van der Waals surface area contributed by atoms with Crippen LogP contribution in [0, 0.1) is 0 Å². The molecular formula is C21H27N3O4S. The number of carboxylic acids is 1. The number of thiazole rings is 1. The smallest absolute Gasteiger partial charge is 0.330 e. The molecule has 8 heteroatoms.